The van der Waals surface area contributed by atoms with E-state index in [2.05, 4.69) is 16.8 Å². The highest BCUT2D eigenvalue weighted by atomic mass is 127. The third kappa shape index (κ3) is 5.70. The van der Waals surface area contributed by atoms with Crippen LogP contribution in [0.4, 0.5) is 0 Å². The minimum absolute atomic E-state index is 0. The van der Waals surface area contributed by atoms with Gasteiger partial charge < -0.3 is 25.2 Å². The molecule has 0 bridgehead atoms. The number of nitrogens with zero attached hydrogens (tertiary/aromatic N) is 2. The number of aliphatic hydroxyl groups excluding tert-OH is 1. The van der Waals surface area contributed by atoms with E-state index >= 15 is 0 Å². The third-order valence-electron chi connectivity index (χ3n) is 4.17. The molecule has 2 atom stereocenters. The van der Waals surface area contributed by atoms with E-state index in [-0.39, 0.29) is 30.5 Å². The number of ether oxygens (including phenoxy) is 2. The smallest absolute Gasteiger partial charge is 0.191 e. The number of likely N-dealkylation sites (tertiary alicyclic amines) is 1. The number of piperidine rings is 1. The molecule has 1 aromatic rings. The van der Waals surface area contributed by atoms with E-state index in [4.69, 9.17) is 15.2 Å². The van der Waals surface area contributed by atoms with Crippen LogP contribution in [0.1, 0.15) is 31.4 Å². The molecule has 0 amide bonds. The topological polar surface area (TPSA) is 80.3 Å². The molecule has 0 radical (unpaired) electrons. The van der Waals surface area contributed by atoms with Crippen LogP contribution in [0.3, 0.4) is 0 Å². The Hall–Kier alpha value is -1.22. The lowest BCUT2D eigenvalue weighted by atomic mass is 10.0. The maximum atomic E-state index is 10.4. The Kier molecular flexibility index (Phi) is 8.61. The molecule has 0 spiro atoms. The zero-order valence-corrected chi connectivity index (χ0v) is 16.9. The molecule has 1 aromatic carbocycles. The number of benzene rings is 1. The number of aliphatic hydroxyl groups is 1. The highest BCUT2D eigenvalue weighted by Gasteiger charge is 2.18. The second-order valence-corrected chi connectivity index (χ2v) is 6.05. The summed E-state index contributed by atoms with van der Waals surface area (Å²) in [5.74, 6) is 2.41. The maximum Gasteiger partial charge on any atom is 0.191 e. The van der Waals surface area contributed by atoms with Crippen molar-refractivity contribution in [3.8, 4) is 11.5 Å². The van der Waals surface area contributed by atoms with Crippen molar-refractivity contribution in [3.63, 3.8) is 0 Å². The van der Waals surface area contributed by atoms with E-state index in [9.17, 15) is 5.11 Å². The van der Waals surface area contributed by atoms with Gasteiger partial charge in [-0.15, -0.1) is 24.0 Å². The SMILES string of the molecule is COc1cc(OC)cc(C(O)CN=C(N)N2CCCC(C)C2)c1.I. The zero-order chi connectivity index (χ0) is 16.8. The van der Waals surface area contributed by atoms with Crippen LogP contribution in [0.15, 0.2) is 23.2 Å². The first-order chi connectivity index (χ1) is 11.0. The van der Waals surface area contributed by atoms with Crippen molar-refractivity contribution in [3.05, 3.63) is 23.8 Å². The van der Waals surface area contributed by atoms with Crippen molar-refractivity contribution in [2.24, 2.45) is 16.6 Å². The Morgan fingerprint density at radius 2 is 1.96 bits per heavy atom. The average molecular weight is 449 g/mol. The summed E-state index contributed by atoms with van der Waals surface area (Å²) in [4.78, 5) is 6.45. The Labute approximate surface area is 161 Å². The molecular weight excluding hydrogens is 421 g/mol. The third-order valence-corrected chi connectivity index (χ3v) is 4.17. The summed E-state index contributed by atoms with van der Waals surface area (Å²) in [7, 11) is 3.16. The summed E-state index contributed by atoms with van der Waals surface area (Å²) in [5.41, 5.74) is 6.76. The van der Waals surface area contributed by atoms with Gasteiger partial charge in [0.25, 0.3) is 0 Å². The van der Waals surface area contributed by atoms with Crippen LogP contribution in [0.5, 0.6) is 11.5 Å². The van der Waals surface area contributed by atoms with Gasteiger partial charge in [-0.3, -0.25) is 4.99 Å². The fourth-order valence-corrected chi connectivity index (χ4v) is 2.80. The first-order valence-corrected chi connectivity index (χ1v) is 7.99. The van der Waals surface area contributed by atoms with Crippen molar-refractivity contribution >= 4 is 29.9 Å². The standard InChI is InChI=1S/C17H27N3O3.HI/c1-12-5-4-6-20(11-12)17(18)19-10-16(21)13-7-14(22-2)9-15(8-13)23-3;/h7-9,12,16,21H,4-6,10-11H2,1-3H3,(H2,18,19);1H. The van der Waals surface area contributed by atoms with E-state index < -0.39 is 6.10 Å². The van der Waals surface area contributed by atoms with Gasteiger partial charge in [-0.2, -0.15) is 0 Å². The maximum absolute atomic E-state index is 10.4. The van der Waals surface area contributed by atoms with Crippen LogP contribution < -0.4 is 15.2 Å². The highest BCUT2D eigenvalue weighted by molar-refractivity contribution is 14.0. The van der Waals surface area contributed by atoms with E-state index in [0.717, 1.165) is 19.5 Å². The van der Waals surface area contributed by atoms with Gasteiger partial charge in [-0.05, 0) is 36.5 Å². The fraction of sp³-hybridized carbons (Fsp3) is 0.588. The monoisotopic (exact) mass is 449 g/mol. The molecule has 2 unspecified atom stereocenters. The number of hydrogen-bond acceptors (Lipinski definition) is 4. The number of aliphatic imine (C=N–C) groups is 1. The quantitative estimate of drug-likeness (QED) is 0.410. The van der Waals surface area contributed by atoms with Gasteiger partial charge in [0.1, 0.15) is 11.5 Å². The predicted octanol–water partition coefficient (Wildman–Crippen LogP) is 2.40. The van der Waals surface area contributed by atoms with Crippen LogP contribution in [0.25, 0.3) is 0 Å². The van der Waals surface area contributed by atoms with Crippen molar-refractivity contribution in [2.75, 3.05) is 33.9 Å². The van der Waals surface area contributed by atoms with Crippen LogP contribution in [-0.2, 0) is 0 Å². The molecule has 3 N–H and O–H groups in total. The minimum atomic E-state index is -0.750. The number of hydrogen-bond donors (Lipinski definition) is 2. The molecule has 0 aliphatic carbocycles. The van der Waals surface area contributed by atoms with E-state index in [1.165, 1.54) is 6.42 Å². The van der Waals surface area contributed by atoms with E-state index in [1.807, 2.05) is 0 Å². The first-order valence-electron chi connectivity index (χ1n) is 7.99. The number of guanidine groups is 1. The Balaban J connectivity index is 0.00000288. The molecule has 1 saturated heterocycles. The molecule has 1 heterocycles. The molecule has 0 aromatic heterocycles. The van der Waals surface area contributed by atoms with Gasteiger partial charge in [0.2, 0.25) is 0 Å². The molecular formula is C17H28IN3O3. The Bertz CT molecular complexity index is 532. The Morgan fingerprint density at radius 1 is 1.33 bits per heavy atom. The lowest BCUT2D eigenvalue weighted by molar-refractivity contribution is 0.185. The van der Waals surface area contributed by atoms with Crippen molar-refractivity contribution in [2.45, 2.75) is 25.9 Å². The fourth-order valence-electron chi connectivity index (χ4n) is 2.80. The lowest BCUT2D eigenvalue weighted by Crippen LogP contribution is -2.43. The lowest BCUT2D eigenvalue weighted by Gasteiger charge is -2.31. The van der Waals surface area contributed by atoms with E-state index in [0.29, 0.717) is 28.9 Å². The summed E-state index contributed by atoms with van der Waals surface area (Å²) >= 11 is 0. The molecule has 1 aliphatic heterocycles. The van der Waals surface area contributed by atoms with Gasteiger partial charge in [0.05, 0.1) is 26.9 Å². The van der Waals surface area contributed by atoms with Gasteiger partial charge in [-0.25, -0.2) is 0 Å². The van der Waals surface area contributed by atoms with Gasteiger partial charge in [0.15, 0.2) is 5.96 Å². The normalized spacial score (nSPS) is 19.4. The molecule has 1 fully saturated rings. The van der Waals surface area contributed by atoms with Crippen LogP contribution in [0, 0.1) is 5.92 Å². The van der Waals surface area contributed by atoms with E-state index in [1.54, 1.807) is 32.4 Å². The summed E-state index contributed by atoms with van der Waals surface area (Å²) in [5, 5.41) is 10.4. The Morgan fingerprint density at radius 3 is 2.50 bits per heavy atom. The molecule has 0 saturated carbocycles. The zero-order valence-electron chi connectivity index (χ0n) is 14.6. The van der Waals surface area contributed by atoms with Gasteiger partial charge in [-0.1, -0.05) is 6.92 Å². The van der Waals surface area contributed by atoms with Crippen molar-refractivity contribution in [1.29, 1.82) is 0 Å². The molecule has 24 heavy (non-hydrogen) atoms. The second kappa shape index (κ2) is 9.93. The molecule has 136 valence electrons. The number of nitrogens with two attached hydrogens (primary N) is 1. The van der Waals surface area contributed by atoms with Gasteiger partial charge >= 0.3 is 0 Å². The largest absolute Gasteiger partial charge is 0.497 e. The summed E-state index contributed by atoms with van der Waals surface area (Å²) in [6, 6.07) is 5.33. The van der Waals surface area contributed by atoms with Crippen LogP contribution in [-0.4, -0.2) is 49.8 Å². The molecule has 7 heteroatoms. The molecule has 6 nitrogen and oxygen atoms in total. The summed E-state index contributed by atoms with van der Waals surface area (Å²) in [6.45, 7) is 4.30. The average Bonchev–Trinajstić information content (AvgIpc) is 2.58. The number of methoxy groups -OCH3 is 2. The summed E-state index contributed by atoms with van der Waals surface area (Å²) in [6.07, 6.45) is 1.61. The highest BCUT2D eigenvalue weighted by Crippen LogP contribution is 2.26. The molecule has 2 rings (SSSR count). The van der Waals surface area contributed by atoms with Gasteiger partial charge in [0, 0.05) is 19.2 Å². The number of rotatable bonds is 5. The van der Waals surface area contributed by atoms with Crippen LogP contribution >= 0.6 is 24.0 Å². The number of halogens is 1. The van der Waals surface area contributed by atoms with Crippen LogP contribution in [0.2, 0.25) is 0 Å². The van der Waals surface area contributed by atoms with Crippen molar-refractivity contribution < 1.29 is 14.6 Å². The minimum Gasteiger partial charge on any atom is -0.497 e. The second-order valence-electron chi connectivity index (χ2n) is 6.05. The van der Waals surface area contributed by atoms with Crippen molar-refractivity contribution in [1.82, 2.24) is 4.90 Å². The summed E-state index contributed by atoms with van der Waals surface area (Å²) < 4.78 is 10.4. The predicted molar refractivity (Wildman–Crippen MR) is 106 cm³/mol. The molecule has 1 aliphatic rings. The first kappa shape index (κ1) is 20.8.